The number of hydrogen-bond acceptors (Lipinski definition) is 0. The van der Waals surface area contributed by atoms with Crippen molar-refractivity contribution in [3.05, 3.63) is 66.3 Å². The Morgan fingerprint density at radius 2 is 2.00 bits per heavy atom. The third-order valence-electron chi connectivity index (χ3n) is 2.42. The predicted octanol–water partition coefficient (Wildman–Crippen LogP) is 5.00. The van der Waals surface area contributed by atoms with Gasteiger partial charge in [-0.25, -0.2) is 0 Å². The number of allylic oxidation sites excluding steroid dienone is 4. The minimum absolute atomic E-state index is 1.13. The van der Waals surface area contributed by atoms with E-state index >= 15 is 0 Å². The molecular weight excluding hydrogens is 192 g/mol. The number of hydrogen-bond donors (Lipinski definition) is 0. The summed E-state index contributed by atoms with van der Waals surface area (Å²) < 4.78 is 0. The van der Waals surface area contributed by atoms with Crippen molar-refractivity contribution in [1.82, 2.24) is 0 Å². The molecule has 84 valence electrons. The molecule has 0 fully saturated rings. The van der Waals surface area contributed by atoms with Gasteiger partial charge in [-0.1, -0.05) is 74.6 Å². The third kappa shape index (κ3) is 4.79. The zero-order chi connectivity index (χ0) is 11.6. The lowest BCUT2D eigenvalue weighted by molar-refractivity contribution is 0.800. The van der Waals surface area contributed by atoms with Gasteiger partial charge < -0.3 is 0 Å². The summed E-state index contributed by atoms with van der Waals surface area (Å²) in [6.45, 7) is 5.93. The summed E-state index contributed by atoms with van der Waals surface area (Å²) in [5.74, 6) is 0. The van der Waals surface area contributed by atoms with Crippen LogP contribution in [0, 0.1) is 0 Å². The zero-order valence-corrected chi connectivity index (χ0v) is 10.0. The smallest absolute Gasteiger partial charge is 0.0254 e. The van der Waals surface area contributed by atoms with E-state index in [2.05, 4.69) is 49.9 Å². The molecule has 1 aromatic rings. The Balaban J connectivity index is 2.78. The van der Waals surface area contributed by atoms with Crippen LogP contribution < -0.4 is 0 Å². The molecule has 0 aromatic heterocycles. The molecule has 0 heteroatoms. The second-order valence-electron chi connectivity index (χ2n) is 3.83. The molecule has 0 N–H and O–H groups in total. The van der Waals surface area contributed by atoms with Crippen molar-refractivity contribution in [1.29, 1.82) is 0 Å². The molecule has 1 aromatic carbocycles. The quantitative estimate of drug-likeness (QED) is 0.582. The van der Waals surface area contributed by atoms with E-state index in [-0.39, 0.29) is 0 Å². The van der Waals surface area contributed by atoms with Crippen molar-refractivity contribution in [3.8, 4) is 0 Å². The Morgan fingerprint density at radius 1 is 1.25 bits per heavy atom. The summed E-state index contributed by atoms with van der Waals surface area (Å²) in [4.78, 5) is 0. The molecule has 16 heavy (non-hydrogen) atoms. The van der Waals surface area contributed by atoms with Gasteiger partial charge in [0, 0.05) is 0 Å². The number of benzene rings is 1. The molecular formula is C16H20. The Kier molecular flexibility index (Phi) is 6.02. The molecule has 0 atom stereocenters. The van der Waals surface area contributed by atoms with Gasteiger partial charge in [-0.3, -0.25) is 0 Å². The van der Waals surface area contributed by atoms with Crippen LogP contribution in [-0.2, 0) is 0 Å². The van der Waals surface area contributed by atoms with Crippen molar-refractivity contribution in [2.75, 3.05) is 0 Å². The summed E-state index contributed by atoms with van der Waals surface area (Å²) in [5, 5.41) is 0. The van der Waals surface area contributed by atoms with E-state index in [1.807, 2.05) is 18.2 Å². The lowest BCUT2D eigenvalue weighted by Crippen LogP contribution is -1.80. The number of unbranched alkanes of at least 4 members (excludes halogenated alkanes) is 1. The van der Waals surface area contributed by atoms with Gasteiger partial charge in [0.25, 0.3) is 0 Å². The SMILES string of the molecule is C=CC=CC(=Cc1ccccc1)CCCC. The molecule has 1 rings (SSSR count). The lowest BCUT2D eigenvalue weighted by Gasteiger charge is -2.01. The highest BCUT2D eigenvalue weighted by molar-refractivity contribution is 5.55. The molecule has 0 radical (unpaired) electrons. The van der Waals surface area contributed by atoms with Crippen LogP contribution in [0.5, 0.6) is 0 Å². The predicted molar refractivity (Wildman–Crippen MR) is 73.3 cm³/mol. The van der Waals surface area contributed by atoms with Crippen LogP contribution in [0.25, 0.3) is 6.08 Å². The first kappa shape index (κ1) is 12.5. The van der Waals surface area contributed by atoms with Crippen LogP contribution in [0.15, 0.2) is 60.7 Å². The number of rotatable bonds is 6. The normalized spacial score (nSPS) is 11.9. The summed E-state index contributed by atoms with van der Waals surface area (Å²) in [5.41, 5.74) is 2.63. The summed E-state index contributed by atoms with van der Waals surface area (Å²) >= 11 is 0. The average molecular weight is 212 g/mol. The summed E-state index contributed by atoms with van der Waals surface area (Å²) in [6.07, 6.45) is 11.8. The van der Waals surface area contributed by atoms with E-state index in [1.165, 1.54) is 24.0 Å². The molecule has 0 unspecified atom stereocenters. The highest BCUT2D eigenvalue weighted by Gasteiger charge is 1.93. The molecule has 0 heterocycles. The standard InChI is InChI=1S/C16H20/c1-3-5-10-15(11-6-4-2)14-16-12-8-7-9-13-16/h3,5,7-10,12-14H,1,4,6,11H2,2H3. The van der Waals surface area contributed by atoms with E-state index < -0.39 is 0 Å². The molecule has 0 spiro atoms. The summed E-state index contributed by atoms with van der Waals surface area (Å²) in [7, 11) is 0. The highest BCUT2D eigenvalue weighted by atomic mass is 14.0. The minimum atomic E-state index is 1.13. The minimum Gasteiger partial charge on any atom is -0.0991 e. The van der Waals surface area contributed by atoms with Crippen LogP contribution in [0.4, 0.5) is 0 Å². The fraction of sp³-hybridized carbons (Fsp3) is 0.250. The first-order chi connectivity index (χ1) is 7.86. The fourth-order valence-electron chi connectivity index (χ4n) is 1.54. The third-order valence-corrected chi connectivity index (χ3v) is 2.42. The molecule has 0 aliphatic rings. The molecule has 0 amide bonds. The van der Waals surface area contributed by atoms with Crippen LogP contribution in [0.2, 0.25) is 0 Å². The van der Waals surface area contributed by atoms with Crippen LogP contribution in [-0.4, -0.2) is 0 Å². The Bertz CT molecular complexity index is 355. The van der Waals surface area contributed by atoms with Gasteiger partial charge in [0.2, 0.25) is 0 Å². The monoisotopic (exact) mass is 212 g/mol. The van der Waals surface area contributed by atoms with Gasteiger partial charge in [-0.05, 0) is 24.0 Å². The van der Waals surface area contributed by atoms with Gasteiger partial charge in [-0.2, -0.15) is 0 Å². The molecule has 0 saturated heterocycles. The van der Waals surface area contributed by atoms with E-state index in [4.69, 9.17) is 0 Å². The lowest BCUT2D eigenvalue weighted by atomic mass is 10.0. The summed E-state index contributed by atoms with van der Waals surface area (Å²) in [6, 6.07) is 10.4. The van der Waals surface area contributed by atoms with Crippen LogP contribution >= 0.6 is 0 Å². The second kappa shape index (κ2) is 7.70. The van der Waals surface area contributed by atoms with Crippen molar-refractivity contribution in [2.45, 2.75) is 26.2 Å². The second-order valence-corrected chi connectivity index (χ2v) is 3.83. The van der Waals surface area contributed by atoms with Crippen molar-refractivity contribution in [2.24, 2.45) is 0 Å². The van der Waals surface area contributed by atoms with E-state index in [0.717, 1.165) is 6.42 Å². The van der Waals surface area contributed by atoms with E-state index in [0.29, 0.717) is 0 Å². The van der Waals surface area contributed by atoms with Crippen molar-refractivity contribution in [3.63, 3.8) is 0 Å². The van der Waals surface area contributed by atoms with Crippen molar-refractivity contribution >= 4 is 6.08 Å². The average Bonchev–Trinajstić information content (AvgIpc) is 2.34. The Hall–Kier alpha value is -1.56. The topological polar surface area (TPSA) is 0 Å². The molecule has 0 bridgehead atoms. The Morgan fingerprint density at radius 3 is 2.62 bits per heavy atom. The molecule has 0 aliphatic heterocycles. The van der Waals surface area contributed by atoms with Gasteiger partial charge >= 0.3 is 0 Å². The zero-order valence-electron chi connectivity index (χ0n) is 10.0. The van der Waals surface area contributed by atoms with Gasteiger partial charge in [0.1, 0.15) is 0 Å². The largest absolute Gasteiger partial charge is 0.0991 e. The van der Waals surface area contributed by atoms with E-state index in [9.17, 15) is 0 Å². The molecule has 0 nitrogen and oxygen atoms in total. The molecule has 0 aliphatic carbocycles. The Labute approximate surface area is 99.0 Å². The maximum Gasteiger partial charge on any atom is -0.0254 e. The first-order valence-electron chi connectivity index (χ1n) is 5.91. The van der Waals surface area contributed by atoms with Gasteiger partial charge in [0.15, 0.2) is 0 Å². The van der Waals surface area contributed by atoms with Crippen molar-refractivity contribution < 1.29 is 0 Å². The maximum absolute atomic E-state index is 3.71. The highest BCUT2D eigenvalue weighted by Crippen LogP contribution is 2.14. The molecule has 0 saturated carbocycles. The van der Waals surface area contributed by atoms with Crippen LogP contribution in [0.1, 0.15) is 31.7 Å². The fourth-order valence-corrected chi connectivity index (χ4v) is 1.54. The van der Waals surface area contributed by atoms with Gasteiger partial charge in [0.05, 0.1) is 0 Å². The first-order valence-corrected chi connectivity index (χ1v) is 5.91. The van der Waals surface area contributed by atoms with Crippen LogP contribution in [0.3, 0.4) is 0 Å². The van der Waals surface area contributed by atoms with Gasteiger partial charge in [-0.15, -0.1) is 0 Å². The van der Waals surface area contributed by atoms with E-state index in [1.54, 1.807) is 0 Å². The maximum atomic E-state index is 3.71.